The average Bonchev–Trinajstić information content (AvgIpc) is 2.30. The maximum atomic E-state index is 13.3. The Bertz CT molecular complexity index is 375. The van der Waals surface area contributed by atoms with Gasteiger partial charge < -0.3 is 14.8 Å². The lowest BCUT2D eigenvalue weighted by Gasteiger charge is -2.35. The van der Waals surface area contributed by atoms with E-state index in [4.69, 9.17) is 9.47 Å². The average molecular weight is 240 g/mol. The van der Waals surface area contributed by atoms with E-state index in [1.165, 1.54) is 6.07 Å². The van der Waals surface area contributed by atoms with Gasteiger partial charge in [-0.1, -0.05) is 0 Å². The Morgan fingerprint density at radius 1 is 1.59 bits per heavy atom. The minimum atomic E-state index is -0.357. The summed E-state index contributed by atoms with van der Waals surface area (Å²) in [5, 5.41) is 2.92. The van der Waals surface area contributed by atoms with Gasteiger partial charge in [-0.15, -0.1) is 0 Å². The minimum Gasteiger partial charge on any atom is -0.371 e. The van der Waals surface area contributed by atoms with Crippen molar-refractivity contribution in [3.63, 3.8) is 0 Å². The molecule has 1 fully saturated rings. The number of pyridine rings is 1. The van der Waals surface area contributed by atoms with Crippen molar-refractivity contribution in [1.29, 1.82) is 0 Å². The van der Waals surface area contributed by atoms with Crippen LogP contribution in [0.25, 0.3) is 0 Å². The van der Waals surface area contributed by atoms with E-state index < -0.39 is 0 Å². The van der Waals surface area contributed by atoms with Crippen LogP contribution >= 0.6 is 0 Å². The first kappa shape index (κ1) is 12.3. The van der Waals surface area contributed by atoms with Gasteiger partial charge >= 0.3 is 0 Å². The predicted octanol–water partition coefficient (Wildman–Crippen LogP) is 1.83. The van der Waals surface area contributed by atoms with Crippen LogP contribution in [0.1, 0.15) is 13.8 Å². The van der Waals surface area contributed by atoms with E-state index in [9.17, 15) is 4.39 Å². The highest BCUT2D eigenvalue weighted by Crippen LogP contribution is 2.18. The summed E-state index contributed by atoms with van der Waals surface area (Å²) < 4.78 is 24.5. The molecule has 1 aliphatic heterocycles. The van der Waals surface area contributed by atoms with Crippen LogP contribution in [0.2, 0.25) is 0 Å². The molecule has 0 aliphatic carbocycles. The number of aromatic nitrogens is 1. The van der Waals surface area contributed by atoms with E-state index >= 15 is 0 Å². The molecule has 1 atom stereocenters. The Balaban J connectivity index is 1.82. The van der Waals surface area contributed by atoms with Crippen molar-refractivity contribution in [2.75, 3.05) is 25.1 Å². The monoisotopic (exact) mass is 240 g/mol. The molecule has 1 unspecified atom stereocenters. The molecule has 17 heavy (non-hydrogen) atoms. The van der Waals surface area contributed by atoms with Gasteiger partial charge in [0.2, 0.25) is 0 Å². The van der Waals surface area contributed by atoms with E-state index in [1.807, 2.05) is 13.8 Å². The van der Waals surface area contributed by atoms with Crippen molar-refractivity contribution >= 4 is 5.82 Å². The zero-order valence-corrected chi connectivity index (χ0v) is 10.1. The van der Waals surface area contributed by atoms with Crippen molar-refractivity contribution in [1.82, 2.24) is 4.98 Å². The lowest BCUT2D eigenvalue weighted by molar-refractivity contribution is -0.170. The molecule has 2 rings (SSSR count). The fourth-order valence-corrected chi connectivity index (χ4v) is 1.57. The SMILES string of the molecule is CC1(C)COC(CNc2ncccc2F)CO1. The molecular weight excluding hydrogens is 223 g/mol. The Morgan fingerprint density at radius 3 is 3.06 bits per heavy atom. The molecule has 1 N–H and O–H groups in total. The number of nitrogens with one attached hydrogen (secondary N) is 1. The highest BCUT2D eigenvalue weighted by molar-refractivity contribution is 5.35. The van der Waals surface area contributed by atoms with Crippen molar-refractivity contribution in [2.24, 2.45) is 0 Å². The molecule has 0 saturated carbocycles. The summed E-state index contributed by atoms with van der Waals surface area (Å²) in [7, 11) is 0. The van der Waals surface area contributed by atoms with Crippen LogP contribution in [0, 0.1) is 5.82 Å². The molecule has 0 radical (unpaired) electrons. The summed E-state index contributed by atoms with van der Waals surface area (Å²) in [5.74, 6) is -0.106. The molecule has 0 aromatic carbocycles. The number of hydrogen-bond donors (Lipinski definition) is 1. The van der Waals surface area contributed by atoms with E-state index in [0.29, 0.717) is 19.8 Å². The first-order chi connectivity index (χ1) is 8.07. The molecule has 2 heterocycles. The third-order valence-electron chi connectivity index (χ3n) is 2.58. The molecule has 5 heteroatoms. The summed E-state index contributed by atoms with van der Waals surface area (Å²) in [5.41, 5.74) is -0.229. The minimum absolute atomic E-state index is 0.0653. The molecular formula is C12H17FN2O2. The Labute approximate surface area is 100 Å². The molecule has 0 bridgehead atoms. The first-order valence-corrected chi connectivity index (χ1v) is 5.67. The van der Waals surface area contributed by atoms with Gasteiger partial charge in [0.25, 0.3) is 0 Å². The fourth-order valence-electron chi connectivity index (χ4n) is 1.57. The van der Waals surface area contributed by atoms with Gasteiger partial charge in [0.05, 0.1) is 24.9 Å². The van der Waals surface area contributed by atoms with Gasteiger partial charge in [0.15, 0.2) is 11.6 Å². The number of ether oxygens (including phenoxy) is 2. The second-order valence-electron chi connectivity index (χ2n) is 4.72. The predicted molar refractivity (Wildman–Crippen MR) is 62.5 cm³/mol. The van der Waals surface area contributed by atoms with Crippen LogP contribution in [-0.4, -0.2) is 36.4 Å². The van der Waals surface area contributed by atoms with Crippen LogP contribution in [0.4, 0.5) is 10.2 Å². The molecule has 1 aromatic heterocycles. The van der Waals surface area contributed by atoms with Gasteiger partial charge in [0.1, 0.15) is 0 Å². The molecule has 0 amide bonds. The number of hydrogen-bond acceptors (Lipinski definition) is 4. The summed E-state index contributed by atoms with van der Waals surface area (Å²) in [6.07, 6.45) is 1.48. The quantitative estimate of drug-likeness (QED) is 0.875. The Morgan fingerprint density at radius 2 is 2.41 bits per heavy atom. The van der Waals surface area contributed by atoms with Crippen LogP contribution in [0.5, 0.6) is 0 Å². The largest absolute Gasteiger partial charge is 0.371 e. The van der Waals surface area contributed by atoms with Crippen molar-refractivity contribution in [3.05, 3.63) is 24.1 Å². The molecule has 0 spiro atoms. The molecule has 1 aliphatic rings. The maximum absolute atomic E-state index is 13.3. The molecule has 4 nitrogen and oxygen atoms in total. The second-order valence-corrected chi connectivity index (χ2v) is 4.72. The maximum Gasteiger partial charge on any atom is 0.165 e. The van der Waals surface area contributed by atoms with E-state index in [-0.39, 0.29) is 23.3 Å². The van der Waals surface area contributed by atoms with Crippen LogP contribution < -0.4 is 5.32 Å². The molecule has 94 valence electrons. The summed E-state index contributed by atoms with van der Waals surface area (Å²) >= 11 is 0. The molecule has 1 saturated heterocycles. The standard InChI is InChI=1S/C12H17FN2O2/c1-12(2)8-16-9(7-17-12)6-15-11-10(13)4-3-5-14-11/h3-5,9H,6-8H2,1-2H3,(H,14,15). The topological polar surface area (TPSA) is 43.4 Å². The van der Waals surface area contributed by atoms with E-state index in [0.717, 1.165) is 0 Å². The smallest absolute Gasteiger partial charge is 0.165 e. The van der Waals surface area contributed by atoms with Gasteiger partial charge in [0, 0.05) is 12.7 Å². The number of halogens is 1. The van der Waals surface area contributed by atoms with Crippen LogP contribution in [0.15, 0.2) is 18.3 Å². The zero-order chi connectivity index (χ0) is 12.3. The third kappa shape index (κ3) is 3.38. The second kappa shape index (κ2) is 4.98. The third-order valence-corrected chi connectivity index (χ3v) is 2.58. The number of nitrogens with zero attached hydrogens (tertiary/aromatic N) is 1. The normalized spacial score (nSPS) is 23.4. The summed E-state index contributed by atoms with van der Waals surface area (Å²) in [4.78, 5) is 3.91. The van der Waals surface area contributed by atoms with E-state index in [2.05, 4.69) is 10.3 Å². The number of anilines is 1. The summed E-state index contributed by atoms with van der Waals surface area (Å²) in [6.45, 7) is 5.51. The van der Waals surface area contributed by atoms with Gasteiger partial charge in [-0.25, -0.2) is 9.37 Å². The molecule has 1 aromatic rings. The van der Waals surface area contributed by atoms with Crippen molar-refractivity contribution in [2.45, 2.75) is 25.6 Å². The van der Waals surface area contributed by atoms with Crippen LogP contribution in [0.3, 0.4) is 0 Å². The highest BCUT2D eigenvalue weighted by Gasteiger charge is 2.28. The first-order valence-electron chi connectivity index (χ1n) is 5.67. The van der Waals surface area contributed by atoms with Gasteiger partial charge in [-0.05, 0) is 26.0 Å². The Hall–Kier alpha value is -1.20. The van der Waals surface area contributed by atoms with E-state index in [1.54, 1.807) is 12.3 Å². The Kier molecular flexibility index (Phi) is 3.59. The lowest BCUT2D eigenvalue weighted by atomic mass is 10.1. The zero-order valence-electron chi connectivity index (χ0n) is 10.1. The van der Waals surface area contributed by atoms with Crippen molar-refractivity contribution < 1.29 is 13.9 Å². The highest BCUT2D eigenvalue weighted by atomic mass is 19.1. The van der Waals surface area contributed by atoms with Gasteiger partial charge in [-0.3, -0.25) is 0 Å². The van der Waals surface area contributed by atoms with Gasteiger partial charge in [-0.2, -0.15) is 0 Å². The summed E-state index contributed by atoms with van der Waals surface area (Å²) in [6, 6.07) is 2.93. The lowest BCUT2D eigenvalue weighted by Crippen LogP contribution is -2.44. The fraction of sp³-hybridized carbons (Fsp3) is 0.583. The van der Waals surface area contributed by atoms with Crippen LogP contribution in [-0.2, 0) is 9.47 Å². The number of rotatable bonds is 3. The van der Waals surface area contributed by atoms with Crippen molar-refractivity contribution in [3.8, 4) is 0 Å².